The molecule has 21 heavy (non-hydrogen) atoms. The van der Waals surface area contributed by atoms with Crippen LogP contribution in [0.2, 0.25) is 0 Å². The fourth-order valence-corrected chi connectivity index (χ4v) is 1.94. The molecule has 1 saturated heterocycles. The molecule has 0 atom stereocenters. The van der Waals surface area contributed by atoms with E-state index in [9.17, 15) is 4.79 Å². The highest BCUT2D eigenvalue weighted by atomic mass is 16.5. The number of carbonyl (C=O) groups excluding carboxylic acids is 1. The maximum absolute atomic E-state index is 11.9. The van der Waals surface area contributed by atoms with E-state index < -0.39 is 0 Å². The Morgan fingerprint density at radius 3 is 2.95 bits per heavy atom. The first-order chi connectivity index (χ1) is 10.3. The van der Waals surface area contributed by atoms with Crippen LogP contribution in [0.4, 0.5) is 0 Å². The molecule has 2 rings (SSSR count). The first-order valence-corrected chi connectivity index (χ1v) is 7.12. The van der Waals surface area contributed by atoms with Gasteiger partial charge in [-0.15, -0.1) is 0 Å². The highest BCUT2D eigenvalue weighted by Gasteiger charge is 2.13. The SMILES string of the molecule is CCOC(=NCCN1CCOCC1)NC(=O)c1ccco1. The Hall–Kier alpha value is -1.86. The second kappa shape index (κ2) is 8.43. The molecule has 7 heteroatoms. The number of morpholine rings is 1. The van der Waals surface area contributed by atoms with Gasteiger partial charge in [0.05, 0.1) is 32.6 Å². The molecule has 0 aromatic carbocycles. The van der Waals surface area contributed by atoms with Crippen LogP contribution in [0.3, 0.4) is 0 Å². The molecule has 1 aromatic rings. The number of carbonyl (C=O) groups is 1. The average molecular weight is 295 g/mol. The molecule has 1 fully saturated rings. The molecule has 7 nitrogen and oxygen atoms in total. The molecular weight excluding hydrogens is 274 g/mol. The van der Waals surface area contributed by atoms with Gasteiger partial charge >= 0.3 is 0 Å². The van der Waals surface area contributed by atoms with Gasteiger partial charge in [0.25, 0.3) is 11.9 Å². The largest absolute Gasteiger partial charge is 0.465 e. The van der Waals surface area contributed by atoms with Crippen LogP contribution in [0.25, 0.3) is 0 Å². The lowest BCUT2D eigenvalue weighted by atomic mass is 10.4. The molecule has 0 aliphatic carbocycles. The number of ether oxygens (including phenoxy) is 2. The van der Waals surface area contributed by atoms with Gasteiger partial charge in [-0.25, -0.2) is 4.99 Å². The minimum atomic E-state index is -0.362. The highest BCUT2D eigenvalue weighted by Crippen LogP contribution is 2.00. The standard InChI is InChI=1S/C14H21N3O4/c1-2-20-14(16-13(18)12-4-3-9-21-12)15-5-6-17-7-10-19-11-8-17/h3-4,9H,2,5-8,10-11H2,1H3,(H,15,16,18). The van der Waals surface area contributed by atoms with E-state index in [-0.39, 0.29) is 17.7 Å². The van der Waals surface area contributed by atoms with Crippen LogP contribution in [0, 0.1) is 0 Å². The molecular formula is C14H21N3O4. The Kier molecular flexibility index (Phi) is 6.23. The quantitative estimate of drug-likeness (QED) is 0.640. The van der Waals surface area contributed by atoms with Gasteiger partial charge in [-0.05, 0) is 19.1 Å². The van der Waals surface area contributed by atoms with Crippen molar-refractivity contribution in [2.24, 2.45) is 4.99 Å². The summed E-state index contributed by atoms with van der Waals surface area (Å²) in [5.41, 5.74) is 0. The lowest BCUT2D eigenvalue weighted by Crippen LogP contribution is -2.38. The molecule has 1 aliphatic heterocycles. The summed E-state index contributed by atoms with van der Waals surface area (Å²) < 4.78 is 15.7. The van der Waals surface area contributed by atoms with Crippen LogP contribution in [0.5, 0.6) is 0 Å². The number of rotatable bonds is 5. The zero-order valence-corrected chi connectivity index (χ0v) is 12.2. The van der Waals surface area contributed by atoms with E-state index in [4.69, 9.17) is 13.9 Å². The van der Waals surface area contributed by atoms with E-state index in [2.05, 4.69) is 15.2 Å². The van der Waals surface area contributed by atoms with Crippen molar-refractivity contribution >= 4 is 11.9 Å². The van der Waals surface area contributed by atoms with Gasteiger partial charge < -0.3 is 13.9 Å². The molecule has 1 aliphatic rings. The third-order valence-corrected chi connectivity index (χ3v) is 3.02. The maximum atomic E-state index is 11.9. The molecule has 0 radical (unpaired) electrons. The summed E-state index contributed by atoms with van der Waals surface area (Å²) in [5, 5.41) is 2.61. The van der Waals surface area contributed by atoms with Crippen molar-refractivity contribution in [3.05, 3.63) is 24.2 Å². The van der Waals surface area contributed by atoms with Crippen molar-refractivity contribution in [3.8, 4) is 0 Å². The zero-order chi connectivity index (χ0) is 14.9. The fourth-order valence-electron chi connectivity index (χ4n) is 1.94. The second-order valence-electron chi connectivity index (χ2n) is 4.51. The summed E-state index contributed by atoms with van der Waals surface area (Å²) in [6.07, 6.45) is 1.45. The maximum Gasteiger partial charge on any atom is 0.294 e. The Morgan fingerprint density at radius 2 is 2.29 bits per heavy atom. The summed E-state index contributed by atoms with van der Waals surface area (Å²) >= 11 is 0. The Labute approximate surface area is 123 Å². The molecule has 0 unspecified atom stereocenters. The van der Waals surface area contributed by atoms with Crippen molar-refractivity contribution < 1.29 is 18.7 Å². The van der Waals surface area contributed by atoms with Crippen molar-refractivity contribution in [3.63, 3.8) is 0 Å². The molecule has 1 aromatic heterocycles. The Balaban J connectivity index is 1.82. The number of hydrogen-bond donors (Lipinski definition) is 1. The number of nitrogens with zero attached hydrogens (tertiary/aromatic N) is 2. The lowest BCUT2D eigenvalue weighted by Gasteiger charge is -2.25. The second-order valence-corrected chi connectivity index (χ2v) is 4.51. The van der Waals surface area contributed by atoms with Crippen LogP contribution in [0.1, 0.15) is 17.5 Å². The van der Waals surface area contributed by atoms with Crippen LogP contribution in [-0.4, -0.2) is 62.8 Å². The van der Waals surface area contributed by atoms with Crippen molar-refractivity contribution in [1.29, 1.82) is 0 Å². The van der Waals surface area contributed by atoms with Gasteiger partial charge in [0.1, 0.15) is 0 Å². The average Bonchev–Trinajstić information content (AvgIpc) is 3.03. The monoisotopic (exact) mass is 295 g/mol. The molecule has 0 bridgehead atoms. The number of furan rings is 1. The summed E-state index contributed by atoms with van der Waals surface area (Å²) in [6, 6.07) is 3.48. The van der Waals surface area contributed by atoms with Crippen LogP contribution < -0.4 is 5.32 Å². The highest BCUT2D eigenvalue weighted by molar-refractivity contribution is 6.02. The van der Waals surface area contributed by atoms with Crippen molar-refractivity contribution in [1.82, 2.24) is 10.2 Å². The minimum Gasteiger partial charge on any atom is -0.465 e. The van der Waals surface area contributed by atoms with Gasteiger partial charge in [0, 0.05) is 19.6 Å². The van der Waals surface area contributed by atoms with Gasteiger partial charge in [-0.2, -0.15) is 0 Å². The zero-order valence-electron chi connectivity index (χ0n) is 12.2. The van der Waals surface area contributed by atoms with Crippen LogP contribution >= 0.6 is 0 Å². The number of amidine groups is 1. The molecule has 2 heterocycles. The molecule has 116 valence electrons. The molecule has 1 N–H and O–H groups in total. The fraction of sp³-hybridized carbons (Fsp3) is 0.571. The van der Waals surface area contributed by atoms with Gasteiger partial charge in [-0.3, -0.25) is 15.0 Å². The molecule has 0 saturated carbocycles. The van der Waals surface area contributed by atoms with E-state index in [1.165, 1.54) is 6.26 Å². The first kappa shape index (κ1) is 15.5. The van der Waals surface area contributed by atoms with Crippen molar-refractivity contribution in [2.75, 3.05) is 46.0 Å². The summed E-state index contributed by atoms with van der Waals surface area (Å²) in [4.78, 5) is 18.4. The van der Waals surface area contributed by atoms with E-state index in [1.807, 2.05) is 6.92 Å². The summed E-state index contributed by atoms with van der Waals surface area (Å²) in [6.45, 7) is 7.01. The van der Waals surface area contributed by atoms with E-state index in [0.717, 1.165) is 32.8 Å². The Morgan fingerprint density at radius 1 is 1.48 bits per heavy atom. The lowest BCUT2D eigenvalue weighted by molar-refractivity contribution is 0.0394. The third kappa shape index (κ3) is 5.20. The topological polar surface area (TPSA) is 76.3 Å². The smallest absolute Gasteiger partial charge is 0.294 e. The van der Waals surface area contributed by atoms with Crippen molar-refractivity contribution in [2.45, 2.75) is 6.92 Å². The van der Waals surface area contributed by atoms with E-state index >= 15 is 0 Å². The normalized spacial score (nSPS) is 16.7. The van der Waals surface area contributed by atoms with E-state index in [1.54, 1.807) is 12.1 Å². The molecule has 1 amide bonds. The molecule has 0 spiro atoms. The number of amides is 1. The predicted octanol–water partition coefficient (Wildman–Crippen LogP) is 0.734. The van der Waals surface area contributed by atoms with Crippen LogP contribution in [0.15, 0.2) is 27.8 Å². The van der Waals surface area contributed by atoms with E-state index in [0.29, 0.717) is 13.2 Å². The Bertz CT molecular complexity index is 453. The first-order valence-electron chi connectivity index (χ1n) is 7.12. The number of nitrogens with one attached hydrogen (secondary N) is 1. The summed E-state index contributed by atoms with van der Waals surface area (Å²) in [7, 11) is 0. The number of hydrogen-bond acceptors (Lipinski definition) is 6. The third-order valence-electron chi connectivity index (χ3n) is 3.02. The van der Waals surface area contributed by atoms with Crippen LogP contribution in [-0.2, 0) is 9.47 Å². The summed E-state index contributed by atoms with van der Waals surface area (Å²) in [5.74, 6) is -0.130. The van der Waals surface area contributed by atoms with Gasteiger partial charge in [-0.1, -0.05) is 0 Å². The number of aliphatic imine (C=N–C) groups is 1. The minimum absolute atomic E-state index is 0.229. The predicted molar refractivity (Wildman–Crippen MR) is 77.4 cm³/mol. The van der Waals surface area contributed by atoms with Gasteiger partial charge in [0.2, 0.25) is 0 Å². The van der Waals surface area contributed by atoms with Gasteiger partial charge in [0.15, 0.2) is 5.76 Å².